The Kier molecular flexibility index (Phi) is 6.22. The average molecular weight is 214 g/mol. The largest absolute Gasteiger partial charge is 0.385 e. The van der Waals surface area contributed by atoms with Gasteiger partial charge in [-0.2, -0.15) is 0 Å². The van der Waals surface area contributed by atoms with Gasteiger partial charge in [-0.1, -0.05) is 0 Å². The van der Waals surface area contributed by atoms with Crippen molar-refractivity contribution >= 4 is 0 Å². The van der Waals surface area contributed by atoms with Gasteiger partial charge < -0.3 is 15.0 Å². The molecule has 2 atom stereocenters. The van der Waals surface area contributed by atoms with Crippen molar-refractivity contribution in [3.05, 3.63) is 0 Å². The van der Waals surface area contributed by atoms with Gasteiger partial charge in [0.05, 0.1) is 0 Å². The third-order valence-corrected chi connectivity index (χ3v) is 3.34. The van der Waals surface area contributed by atoms with E-state index in [0.29, 0.717) is 6.04 Å². The Morgan fingerprint density at radius 2 is 2.13 bits per heavy atom. The number of likely N-dealkylation sites (tertiary alicyclic amines) is 1. The molecule has 1 fully saturated rings. The van der Waals surface area contributed by atoms with Gasteiger partial charge in [-0.05, 0) is 46.2 Å². The molecule has 0 amide bonds. The number of likely N-dealkylation sites (N-methyl/N-ethyl adjacent to an activating group) is 1. The van der Waals surface area contributed by atoms with Crippen LogP contribution in [-0.2, 0) is 4.74 Å². The van der Waals surface area contributed by atoms with Crippen molar-refractivity contribution in [3.63, 3.8) is 0 Å². The van der Waals surface area contributed by atoms with Crippen LogP contribution < -0.4 is 5.32 Å². The highest BCUT2D eigenvalue weighted by atomic mass is 16.5. The molecular formula is C12H26N2O. The molecule has 2 unspecified atom stereocenters. The maximum absolute atomic E-state index is 5.02. The first kappa shape index (κ1) is 12.9. The first-order valence-electron chi connectivity index (χ1n) is 6.16. The van der Waals surface area contributed by atoms with Gasteiger partial charge in [0.15, 0.2) is 0 Å². The molecule has 1 heterocycles. The summed E-state index contributed by atoms with van der Waals surface area (Å²) in [5.74, 6) is 0. The number of rotatable bonds is 7. The van der Waals surface area contributed by atoms with Gasteiger partial charge in [0, 0.05) is 32.3 Å². The Bertz CT molecular complexity index is 154. The quantitative estimate of drug-likeness (QED) is 0.650. The van der Waals surface area contributed by atoms with Crippen LogP contribution in [0.15, 0.2) is 0 Å². The number of nitrogens with zero attached hydrogens (tertiary/aromatic N) is 1. The standard InChI is InChI=1S/C12H26N2O/c1-11-9-12(10-14(11)2)13-7-5-4-6-8-15-3/h11-13H,4-10H2,1-3H3. The maximum Gasteiger partial charge on any atom is 0.0462 e. The fraction of sp³-hybridized carbons (Fsp3) is 1.00. The number of hydrogen-bond acceptors (Lipinski definition) is 3. The SMILES string of the molecule is COCCCCCNC1CC(C)N(C)C1. The third-order valence-electron chi connectivity index (χ3n) is 3.34. The molecule has 1 rings (SSSR count). The monoisotopic (exact) mass is 214 g/mol. The van der Waals surface area contributed by atoms with Crippen molar-refractivity contribution in [2.75, 3.05) is 33.9 Å². The first-order chi connectivity index (χ1) is 7.24. The number of nitrogens with one attached hydrogen (secondary N) is 1. The molecule has 1 N–H and O–H groups in total. The van der Waals surface area contributed by atoms with E-state index in [1.54, 1.807) is 7.11 Å². The molecule has 1 saturated heterocycles. The summed E-state index contributed by atoms with van der Waals surface area (Å²) in [6.45, 7) is 5.58. The Morgan fingerprint density at radius 3 is 2.73 bits per heavy atom. The van der Waals surface area contributed by atoms with E-state index in [2.05, 4.69) is 24.2 Å². The highest BCUT2D eigenvalue weighted by Crippen LogP contribution is 2.14. The Balaban J connectivity index is 1.92. The molecule has 0 aromatic rings. The zero-order chi connectivity index (χ0) is 11.1. The van der Waals surface area contributed by atoms with Crippen molar-refractivity contribution in [1.29, 1.82) is 0 Å². The molecule has 3 nitrogen and oxygen atoms in total. The number of methoxy groups -OCH3 is 1. The predicted molar refractivity (Wildman–Crippen MR) is 64.2 cm³/mol. The van der Waals surface area contributed by atoms with E-state index >= 15 is 0 Å². The summed E-state index contributed by atoms with van der Waals surface area (Å²) in [5.41, 5.74) is 0. The summed E-state index contributed by atoms with van der Waals surface area (Å²) < 4.78 is 5.02. The Hall–Kier alpha value is -0.120. The summed E-state index contributed by atoms with van der Waals surface area (Å²) in [7, 11) is 3.99. The third kappa shape index (κ3) is 4.96. The lowest BCUT2D eigenvalue weighted by atomic mass is 10.2. The highest BCUT2D eigenvalue weighted by Gasteiger charge is 2.24. The second-order valence-corrected chi connectivity index (χ2v) is 4.73. The van der Waals surface area contributed by atoms with Crippen LogP contribution in [0.1, 0.15) is 32.6 Å². The van der Waals surface area contributed by atoms with Crippen LogP contribution in [0.4, 0.5) is 0 Å². The van der Waals surface area contributed by atoms with E-state index in [9.17, 15) is 0 Å². The van der Waals surface area contributed by atoms with Crippen LogP contribution >= 0.6 is 0 Å². The van der Waals surface area contributed by atoms with Crippen LogP contribution in [0, 0.1) is 0 Å². The molecule has 1 aliphatic heterocycles. The van der Waals surface area contributed by atoms with Gasteiger partial charge in [0.1, 0.15) is 0 Å². The van der Waals surface area contributed by atoms with Crippen molar-refractivity contribution in [1.82, 2.24) is 10.2 Å². The van der Waals surface area contributed by atoms with Crippen LogP contribution in [0.5, 0.6) is 0 Å². The molecular weight excluding hydrogens is 188 g/mol. The summed E-state index contributed by atoms with van der Waals surface area (Å²) in [5, 5.41) is 3.64. The Labute approximate surface area is 94.2 Å². The summed E-state index contributed by atoms with van der Waals surface area (Å²) in [6.07, 6.45) is 5.05. The van der Waals surface area contributed by atoms with Gasteiger partial charge in [-0.3, -0.25) is 0 Å². The zero-order valence-electron chi connectivity index (χ0n) is 10.5. The van der Waals surface area contributed by atoms with Crippen LogP contribution in [0.3, 0.4) is 0 Å². The summed E-state index contributed by atoms with van der Waals surface area (Å²) in [4.78, 5) is 2.43. The smallest absolute Gasteiger partial charge is 0.0462 e. The van der Waals surface area contributed by atoms with E-state index in [0.717, 1.165) is 19.2 Å². The number of ether oxygens (including phenoxy) is 1. The lowest BCUT2D eigenvalue weighted by Crippen LogP contribution is -2.32. The molecule has 15 heavy (non-hydrogen) atoms. The second kappa shape index (κ2) is 7.20. The van der Waals surface area contributed by atoms with Crippen molar-refractivity contribution in [2.24, 2.45) is 0 Å². The fourth-order valence-corrected chi connectivity index (χ4v) is 2.20. The highest BCUT2D eigenvalue weighted by molar-refractivity contribution is 4.84. The molecule has 90 valence electrons. The van der Waals surface area contributed by atoms with E-state index in [1.165, 1.54) is 32.2 Å². The van der Waals surface area contributed by atoms with Crippen molar-refractivity contribution < 1.29 is 4.74 Å². The zero-order valence-corrected chi connectivity index (χ0v) is 10.5. The van der Waals surface area contributed by atoms with Gasteiger partial charge in [0.2, 0.25) is 0 Å². The van der Waals surface area contributed by atoms with Crippen molar-refractivity contribution in [3.8, 4) is 0 Å². The lowest BCUT2D eigenvalue weighted by molar-refractivity contribution is 0.192. The van der Waals surface area contributed by atoms with Gasteiger partial charge in [-0.25, -0.2) is 0 Å². The molecule has 0 saturated carbocycles. The minimum Gasteiger partial charge on any atom is -0.385 e. The van der Waals surface area contributed by atoms with E-state index in [-0.39, 0.29) is 0 Å². The van der Waals surface area contributed by atoms with Crippen LogP contribution in [-0.4, -0.2) is 50.8 Å². The minimum absolute atomic E-state index is 0.715. The van der Waals surface area contributed by atoms with E-state index in [4.69, 9.17) is 4.74 Å². The number of hydrogen-bond donors (Lipinski definition) is 1. The normalized spacial score (nSPS) is 27.4. The maximum atomic E-state index is 5.02. The van der Waals surface area contributed by atoms with E-state index in [1.807, 2.05) is 0 Å². The molecule has 0 aromatic heterocycles. The summed E-state index contributed by atoms with van der Waals surface area (Å²) >= 11 is 0. The predicted octanol–water partition coefficient (Wildman–Crippen LogP) is 1.49. The van der Waals surface area contributed by atoms with Crippen LogP contribution in [0.25, 0.3) is 0 Å². The molecule has 0 spiro atoms. The second-order valence-electron chi connectivity index (χ2n) is 4.73. The first-order valence-corrected chi connectivity index (χ1v) is 6.16. The molecule has 0 aromatic carbocycles. The molecule has 3 heteroatoms. The lowest BCUT2D eigenvalue weighted by Gasteiger charge is -2.13. The summed E-state index contributed by atoms with van der Waals surface area (Å²) in [6, 6.07) is 1.46. The van der Waals surface area contributed by atoms with E-state index < -0.39 is 0 Å². The molecule has 0 aliphatic carbocycles. The van der Waals surface area contributed by atoms with Crippen molar-refractivity contribution in [2.45, 2.75) is 44.7 Å². The van der Waals surface area contributed by atoms with Gasteiger partial charge in [0.25, 0.3) is 0 Å². The minimum atomic E-state index is 0.715. The molecule has 0 bridgehead atoms. The van der Waals surface area contributed by atoms with Gasteiger partial charge >= 0.3 is 0 Å². The molecule has 1 aliphatic rings. The topological polar surface area (TPSA) is 24.5 Å². The Morgan fingerprint density at radius 1 is 1.33 bits per heavy atom. The fourth-order valence-electron chi connectivity index (χ4n) is 2.20. The van der Waals surface area contributed by atoms with Crippen LogP contribution in [0.2, 0.25) is 0 Å². The van der Waals surface area contributed by atoms with Gasteiger partial charge in [-0.15, -0.1) is 0 Å². The number of unbranched alkanes of at least 4 members (excludes halogenated alkanes) is 2. The average Bonchev–Trinajstić information content (AvgIpc) is 2.52. The molecule has 0 radical (unpaired) electrons.